The zero-order valence-corrected chi connectivity index (χ0v) is 16.6. The lowest BCUT2D eigenvalue weighted by Gasteiger charge is -2.21. The monoisotopic (exact) mass is 411 g/mol. The number of nitrogens with one attached hydrogen (secondary N) is 1. The number of nitrogens with zero attached hydrogens (tertiary/aromatic N) is 1. The van der Waals surface area contributed by atoms with Gasteiger partial charge >= 0.3 is 6.09 Å². The summed E-state index contributed by atoms with van der Waals surface area (Å²) in [5.41, 5.74) is 5.37. The number of hydrogen-bond donors (Lipinski definition) is 1. The zero-order chi connectivity index (χ0) is 21.8. The largest absolute Gasteiger partial charge is 0.548 e. The van der Waals surface area contributed by atoms with Crippen LogP contribution in [0.5, 0.6) is 0 Å². The first kappa shape index (κ1) is 20.2. The van der Waals surface area contributed by atoms with Crippen LogP contribution in [0.25, 0.3) is 11.1 Å². The van der Waals surface area contributed by atoms with Gasteiger partial charge in [-0.3, -0.25) is 0 Å². The number of carbonyl (C=O) groups excluding carboxylic acids is 2. The molecule has 0 spiro atoms. The number of hydrogen-bond acceptors (Lipinski definition) is 5. The van der Waals surface area contributed by atoms with Crippen LogP contribution in [-0.2, 0) is 16.0 Å². The Morgan fingerprint density at radius 3 is 2.26 bits per heavy atom. The third-order valence-corrected chi connectivity index (χ3v) is 5.42. The van der Waals surface area contributed by atoms with Gasteiger partial charge in [-0.25, -0.2) is 4.79 Å². The number of fused-ring (bicyclic) bond motifs is 3. The second-order valence-corrected chi connectivity index (χ2v) is 7.36. The minimum absolute atomic E-state index is 0.0119. The molecule has 4 rings (SSSR count). The molecule has 1 N–H and O–H groups in total. The summed E-state index contributed by atoms with van der Waals surface area (Å²) in [7, 11) is 0. The van der Waals surface area contributed by atoms with Gasteiger partial charge in [0.1, 0.15) is 6.61 Å². The van der Waals surface area contributed by atoms with Crippen LogP contribution in [0.3, 0.4) is 0 Å². The van der Waals surface area contributed by atoms with Crippen molar-refractivity contribution in [1.29, 1.82) is 5.26 Å². The number of carboxylic acids is 1. The average Bonchev–Trinajstić information content (AvgIpc) is 3.11. The molecule has 1 aliphatic rings. The Balaban J connectivity index is 1.43. The number of carboxylic acid groups (broad SMARTS) is 1. The molecule has 0 radical (unpaired) electrons. The Bertz CT molecular complexity index is 1140. The summed E-state index contributed by atoms with van der Waals surface area (Å²) in [4.78, 5) is 23.9. The lowest BCUT2D eigenvalue weighted by Crippen LogP contribution is -2.49. The molecule has 0 saturated heterocycles. The maximum atomic E-state index is 12.4. The number of alkyl carbamates (subject to hydrolysis) is 1. The van der Waals surface area contributed by atoms with E-state index in [2.05, 4.69) is 5.32 Å². The van der Waals surface area contributed by atoms with Crippen molar-refractivity contribution < 1.29 is 19.4 Å². The van der Waals surface area contributed by atoms with E-state index in [-0.39, 0.29) is 18.9 Å². The smallest absolute Gasteiger partial charge is 0.407 e. The fourth-order valence-corrected chi connectivity index (χ4v) is 3.98. The highest BCUT2D eigenvalue weighted by molar-refractivity contribution is 5.80. The molecule has 1 atom stereocenters. The van der Waals surface area contributed by atoms with Gasteiger partial charge in [0.15, 0.2) is 0 Å². The molecule has 0 unspecified atom stereocenters. The number of ether oxygens (including phenoxy) is 1. The van der Waals surface area contributed by atoms with Crippen LogP contribution in [0.4, 0.5) is 4.79 Å². The number of carbonyl (C=O) groups is 2. The van der Waals surface area contributed by atoms with Crippen LogP contribution in [0.15, 0.2) is 72.8 Å². The van der Waals surface area contributed by atoms with E-state index in [4.69, 9.17) is 10.00 Å². The Morgan fingerprint density at radius 2 is 1.65 bits per heavy atom. The first-order valence-electron chi connectivity index (χ1n) is 9.88. The molecule has 0 fully saturated rings. The lowest BCUT2D eigenvalue weighted by atomic mass is 9.98. The van der Waals surface area contributed by atoms with Crippen LogP contribution in [0.1, 0.15) is 28.2 Å². The van der Waals surface area contributed by atoms with E-state index >= 15 is 0 Å². The molecular weight excluding hydrogens is 392 g/mol. The van der Waals surface area contributed by atoms with Crippen molar-refractivity contribution in [2.45, 2.75) is 18.4 Å². The topological polar surface area (TPSA) is 102 Å². The van der Waals surface area contributed by atoms with Crippen LogP contribution >= 0.6 is 0 Å². The second kappa shape index (κ2) is 8.72. The summed E-state index contributed by atoms with van der Waals surface area (Å²) < 4.78 is 5.41. The molecule has 1 aliphatic carbocycles. The Kier molecular flexibility index (Phi) is 5.67. The summed E-state index contributed by atoms with van der Waals surface area (Å²) in [6, 6.07) is 23.2. The average molecular weight is 411 g/mol. The van der Waals surface area contributed by atoms with Gasteiger partial charge in [0.05, 0.1) is 23.6 Å². The molecule has 31 heavy (non-hydrogen) atoms. The van der Waals surface area contributed by atoms with Crippen molar-refractivity contribution in [3.8, 4) is 17.2 Å². The van der Waals surface area contributed by atoms with Gasteiger partial charge in [0, 0.05) is 5.92 Å². The summed E-state index contributed by atoms with van der Waals surface area (Å²) in [6.45, 7) is 0.0869. The number of benzene rings is 3. The van der Waals surface area contributed by atoms with Crippen molar-refractivity contribution in [3.63, 3.8) is 0 Å². The molecule has 154 valence electrons. The third-order valence-electron chi connectivity index (χ3n) is 5.42. The molecule has 0 bridgehead atoms. The SMILES string of the molecule is N#Cc1cccc(C[C@H](NC(=O)OCC2c3ccccc3-c3ccccc32)C(=O)[O-])c1. The molecule has 6 nitrogen and oxygen atoms in total. The van der Waals surface area contributed by atoms with E-state index in [1.54, 1.807) is 24.3 Å². The Morgan fingerprint density at radius 1 is 1.00 bits per heavy atom. The first-order chi connectivity index (χ1) is 15.1. The van der Waals surface area contributed by atoms with Gasteiger partial charge in [0.2, 0.25) is 0 Å². The van der Waals surface area contributed by atoms with Crippen LogP contribution in [0, 0.1) is 11.3 Å². The number of aliphatic carboxylic acids is 1. The minimum atomic E-state index is -1.42. The number of rotatable bonds is 6. The highest BCUT2D eigenvalue weighted by atomic mass is 16.5. The minimum Gasteiger partial charge on any atom is -0.548 e. The standard InChI is InChI=1S/C25H20N2O4/c26-14-17-7-5-6-16(12-17)13-23(24(28)29)27-25(30)31-15-22-20-10-3-1-8-18(20)19-9-2-4-11-21(19)22/h1-12,22-23H,13,15H2,(H,27,30)(H,28,29)/p-1/t23-/m0/s1. The quantitative estimate of drug-likeness (QED) is 0.672. The molecule has 0 aromatic heterocycles. The lowest BCUT2D eigenvalue weighted by molar-refractivity contribution is -0.308. The third kappa shape index (κ3) is 4.26. The van der Waals surface area contributed by atoms with Crippen molar-refractivity contribution in [3.05, 3.63) is 95.1 Å². The van der Waals surface area contributed by atoms with E-state index in [0.717, 1.165) is 22.3 Å². The van der Waals surface area contributed by atoms with Gasteiger partial charge in [-0.15, -0.1) is 0 Å². The van der Waals surface area contributed by atoms with Gasteiger partial charge in [0.25, 0.3) is 0 Å². The number of nitriles is 1. The first-order valence-corrected chi connectivity index (χ1v) is 9.88. The van der Waals surface area contributed by atoms with E-state index in [9.17, 15) is 14.7 Å². The predicted octanol–water partition coefficient (Wildman–Crippen LogP) is 2.76. The van der Waals surface area contributed by atoms with Crippen molar-refractivity contribution in [2.24, 2.45) is 0 Å². The van der Waals surface area contributed by atoms with Crippen LogP contribution in [0.2, 0.25) is 0 Å². The molecule has 1 amide bonds. The molecule has 3 aromatic rings. The Hall–Kier alpha value is -4.11. The molecule has 0 saturated carbocycles. The Labute approximate surface area is 179 Å². The highest BCUT2D eigenvalue weighted by Gasteiger charge is 2.29. The van der Waals surface area contributed by atoms with Crippen LogP contribution < -0.4 is 10.4 Å². The summed E-state index contributed by atoms with van der Waals surface area (Å²) in [6.07, 6.45) is -0.838. The van der Waals surface area contributed by atoms with Crippen molar-refractivity contribution in [1.82, 2.24) is 5.32 Å². The van der Waals surface area contributed by atoms with Crippen molar-refractivity contribution >= 4 is 12.1 Å². The summed E-state index contributed by atoms with van der Waals surface area (Å²) in [5, 5.41) is 22.9. The van der Waals surface area contributed by atoms with E-state index in [1.807, 2.05) is 54.6 Å². The maximum Gasteiger partial charge on any atom is 0.407 e. The summed E-state index contributed by atoms with van der Waals surface area (Å²) >= 11 is 0. The molecule has 6 heteroatoms. The van der Waals surface area contributed by atoms with Crippen molar-refractivity contribution in [2.75, 3.05) is 6.61 Å². The molecule has 3 aromatic carbocycles. The predicted molar refractivity (Wildman–Crippen MR) is 112 cm³/mol. The van der Waals surface area contributed by atoms with E-state index in [1.165, 1.54) is 0 Å². The maximum absolute atomic E-state index is 12.4. The molecular formula is C25H19N2O4-. The normalized spacial score (nSPS) is 12.9. The van der Waals surface area contributed by atoms with Gasteiger partial charge < -0.3 is 20.0 Å². The van der Waals surface area contributed by atoms with Crippen LogP contribution in [-0.4, -0.2) is 24.7 Å². The zero-order valence-electron chi connectivity index (χ0n) is 16.6. The van der Waals surface area contributed by atoms with Gasteiger partial charge in [-0.1, -0.05) is 60.7 Å². The fourth-order valence-electron chi connectivity index (χ4n) is 3.98. The van der Waals surface area contributed by atoms with Gasteiger partial charge in [-0.2, -0.15) is 5.26 Å². The number of amides is 1. The second-order valence-electron chi connectivity index (χ2n) is 7.36. The summed E-state index contributed by atoms with van der Waals surface area (Å²) in [5.74, 6) is -1.54. The molecule has 0 heterocycles. The van der Waals surface area contributed by atoms with E-state index in [0.29, 0.717) is 11.1 Å². The highest BCUT2D eigenvalue weighted by Crippen LogP contribution is 2.44. The van der Waals surface area contributed by atoms with E-state index < -0.39 is 18.1 Å². The fraction of sp³-hybridized carbons (Fsp3) is 0.160. The molecule has 0 aliphatic heterocycles. The van der Waals surface area contributed by atoms with Gasteiger partial charge in [-0.05, 0) is 46.4 Å².